The van der Waals surface area contributed by atoms with E-state index in [1.807, 2.05) is 19.1 Å². The number of nitrogens with one attached hydrogen (secondary N) is 2. The van der Waals surface area contributed by atoms with Crippen LogP contribution in [0.4, 0.5) is 0 Å². The van der Waals surface area contributed by atoms with Gasteiger partial charge in [-0.3, -0.25) is 4.98 Å². The van der Waals surface area contributed by atoms with Crippen molar-refractivity contribution in [2.24, 2.45) is 0 Å². The number of ether oxygens (including phenoxy) is 1. The van der Waals surface area contributed by atoms with Crippen molar-refractivity contribution >= 4 is 0 Å². The van der Waals surface area contributed by atoms with Gasteiger partial charge < -0.3 is 15.0 Å². The molecule has 3 rings (SSSR count). The summed E-state index contributed by atoms with van der Waals surface area (Å²) in [5.41, 5.74) is 3.11. The van der Waals surface area contributed by atoms with E-state index < -0.39 is 0 Å². The average Bonchev–Trinajstić information content (AvgIpc) is 2.83. The van der Waals surface area contributed by atoms with Gasteiger partial charge in [0.2, 0.25) is 0 Å². The van der Waals surface area contributed by atoms with Crippen molar-refractivity contribution in [1.82, 2.24) is 20.3 Å². The van der Waals surface area contributed by atoms with Gasteiger partial charge in [-0.2, -0.15) is 0 Å². The van der Waals surface area contributed by atoms with E-state index >= 15 is 0 Å². The van der Waals surface area contributed by atoms with Crippen molar-refractivity contribution in [3.05, 3.63) is 36.0 Å². The molecule has 2 N–H and O–H groups in total. The molecule has 1 unspecified atom stereocenters. The molecular weight excluding hydrogens is 228 g/mol. The van der Waals surface area contributed by atoms with E-state index in [0.717, 1.165) is 42.5 Å². The molecule has 18 heavy (non-hydrogen) atoms. The Bertz CT molecular complexity index is 517. The van der Waals surface area contributed by atoms with E-state index in [1.165, 1.54) is 0 Å². The molecule has 1 saturated heterocycles. The Kier molecular flexibility index (Phi) is 3.08. The van der Waals surface area contributed by atoms with Crippen LogP contribution in [-0.2, 0) is 4.74 Å². The minimum atomic E-state index is 0.0213. The second-order valence-corrected chi connectivity index (χ2v) is 4.40. The third-order valence-electron chi connectivity index (χ3n) is 3.09. The van der Waals surface area contributed by atoms with Crippen LogP contribution in [0.15, 0.2) is 24.5 Å². The monoisotopic (exact) mass is 244 g/mol. The van der Waals surface area contributed by atoms with Gasteiger partial charge in [0.1, 0.15) is 11.9 Å². The number of imidazole rings is 1. The summed E-state index contributed by atoms with van der Waals surface area (Å²) in [4.78, 5) is 12.0. The molecule has 0 bridgehead atoms. The summed E-state index contributed by atoms with van der Waals surface area (Å²) >= 11 is 0. The predicted molar refractivity (Wildman–Crippen MR) is 68.1 cm³/mol. The highest BCUT2D eigenvalue weighted by atomic mass is 16.5. The summed E-state index contributed by atoms with van der Waals surface area (Å²) < 4.78 is 5.70. The molecule has 1 aliphatic heterocycles. The molecule has 5 nitrogen and oxygen atoms in total. The first-order chi connectivity index (χ1) is 8.84. The fourth-order valence-corrected chi connectivity index (χ4v) is 2.17. The van der Waals surface area contributed by atoms with Crippen LogP contribution < -0.4 is 5.32 Å². The van der Waals surface area contributed by atoms with Crippen molar-refractivity contribution in [2.45, 2.75) is 13.0 Å². The lowest BCUT2D eigenvalue weighted by Gasteiger charge is -2.21. The van der Waals surface area contributed by atoms with Crippen molar-refractivity contribution in [2.75, 3.05) is 19.7 Å². The van der Waals surface area contributed by atoms with E-state index in [0.29, 0.717) is 0 Å². The number of rotatable bonds is 2. The van der Waals surface area contributed by atoms with Crippen molar-refractivity contribution in [1.29, 1.82) is 0 Å². The van der Waals surface area contributed by atoms with Gasteiger partial charge in [-0.1, -0.05) is 0 Å². The first-order valence-corrected chi connectivity index (χ1v) is 6.14. The normalized spacial score (nSPS) is 19.9. The van der Waals surface area contributed by atoms with Gasteiger partial charge in [-0.15, -0.1) is 0 Å². The number of hydrogen-bond acceptors (Lipinski definition) is 4. The summed E-state index contributed by atoms with van der Waals surface area (Å²) in [6.07, 6.45) is 3.58. The highest BCUT2D eigenvalue weighted by Crippen LogP contribution is 2.24. The van der Waals surface area contributed by atoms with Crippen LogP contribution in [-0.4, -0.2) is 34.6 Å². The molecule has 0 saturated carbocycles. The number of H-pyrrole nitrogens is 1. The highest BCUT2D eigenvalue weighted by molar-refractivity contribution is 5.61. The van der Waals surface area contributed by atoms with Crippen molar-refractivity contribution in [3.63, 3.8) is 0 Å². The second-order valence-electron chi connectivity index (χ2n) is 4.40. The topological polar surface area (TPSA) is 62.8 Å². The molecule has 2 aromatic heterocycles. The maximum atomic E-state index is 5.70. The van der Waals surface area contributed by atoms with Crippen molar-refractivity contribution < 1.29 is 4.74 Å². The molecule has 2 aromatic rings. The van der Waals surface area contributed by atoms with Crippen LogP contribution >= 0.6 is 0 Å². The molecular formula is C13H16N4O. The summed E-state index contributed by atoms with van der Waals surface area (Å²) in [5, 5.41) is 3.31. The first kappa shape index (κ1) is 11.4. The summed E-state index contributed by atoms with van der Waals surface area (Å²) in [6.45, 7) is 4.48. The number of morpholine rings is 1. The quantitative estimate of drug-likeness (QED) is 0.839. The van der Waals surface area contributed by atoms with Gasteiger partial charge in [0.25, 0.3) is 0 Å². The van der Waals surface area contributed by atoms with Crippen molar-refractivity contribution in [3.8, 4) is 11.3 Å². The minimum absolute atomic E-state index is 0.0213. The summed E-state index contributed by atoms with van der Waals surface area (Å²) in [7, 11) is 0. The molecule has 1 aliphatic rings. The second kappa shape index (κ2) is 4.88. The summed E-state index contributed by atoms with van der Waals surface area (Å²) in [5.74, 6) is 0.895. The Balaban J connectivity index is 1.91. The van der Waals surface area contributed by atoms with Crippen LogP contribution in [0.2, 0.25) is 0 Å². The molecule has 0 spiro atoms. The van der Waals surface area contributed by atoms with Crippen LogP contribution in [0, 0.1) is 6.92 Å². The lowest BCUT2D eigenvalue weighted by atomic mass is 10.2. The summed E-state index contributed by atoms with van der Waals surface area (Å²) in [6, 6.07) is 3.93. The largest absolute Gasteiger partial charge is 0.368 e. The highest BCUT2D eigenvalue weighted by Gasteiger charge is 2.20. The number of aryl methyl sites for hydroxylation is 1. The van der Waals surface area contributed by atoms with Crippen LogP contribution in [0.3, 0.4) is 0 Å². The first-order valence-electron chi connectivity index (χ1n) is 6.14. The third kappa shape index (κ3) is 2.14. The Hall–Kier alpha value is -1.72. The molecule has 1 fully saturated rings. The third-order valence-corrected chi connectivity index (χ3v) is 3.09. The standard InChI is InChI=1S/C13H16N4O/c1-9-12(10-2-4-14-5-3-10)17-13(16-9)11-8-15-6-7-18-11/h2-5,11,15H,6-8H2,1H3,(H,16,17). The maximum Gasteiger partial charge on any atom is 0.137 e. The molecule has 1 atom stereocenters. The molecule has 0 aromatic carbocycles. The Morgan fingerprint density at radius 1 is 1.33 bits per heavy atom. The van der Waals surface area contributed by atoms with E-state index in [-0.39, 0.29) is 6.10 Å². The number of aromatic amines is 1. The number of pyridine rings is 1. The Labute approximate surface area is 106 Å². The Morgan fingerprint density at radius 2 is 2.17 bits per heavy atom. The lowest BCUT2D eigenvalue weighted by molar-refractivity contribution is 0.0226. The SMILES string of the molecule is Cc1[nH]c(C2CNCCO2)nc1-c1ccncc1. The zero-order chi connectivity index (χ0) is 12.4. The maximum absolute atomic E-state index is 5.70. The van der Waals surface area contributed by atoms with Gasteiger partial charge in [-0.25, -0.2) is 4.98 Å². The molecule has 0 aliphatic carbocycles. The fraction of sp³-hybridized carbons (Fsp3) is 0.385. The van der Waals surface area contributed by atoms with E-state index in [1.54, 1.807) is 12.4 Å². The molecule has 5 heteroatoms. The Morgan fingerprint density at radius 3 is 2.89 bits per heavy atom. The van der Waals surface area contributed by atoms with Crippen LogP contribution in [0.25, 0.3) is 11.3 Å². The molecule has 0 radical (unpaired) electrons. The van der Waals surface area contributed by atoms with Gasteiger partial charge in [0.05, 0.1) is 12.3 Å². The van der Waals surface area contributed by atoms with Gasteiger partial charge >= 0.3 is 0 Å². The van der Waals surface area contributed by atoms with Crippen LogP contribution in [0.5, 0.6) is 0 Å². The van der Waals surface area contributed by atoms with Gasteiger partial charge in [0.15, 0.2) is 0 Å². The van der Waals surface area contributed by atoms with Gasteiger partial charge in [0, 0.05) is 36.7 Å². The minimum Gasteiger partial charge on any atom is -0.368 e. The predicted octanol–water partition coefficient (Wildman–Crippen LogP) is 1.44. The zero-order valence-electron chi connectivity index (χ0n) is 10.3. The fourth-order valence-electron chi connectivity index (χ4n) is 2.17. The van der Waals surface area contributed by atoms with E-state index in [2.05, 4.69) is 20.3 Å². The molecule has 94 valence electrons. The lowest BCUT2D eigenvalue weighted by Crippen LogP contribution is -2.33. The number of aromatic nitrogens is 3. The number of hydrogen-bond donors (Lipinski definition) is 2. The van der Waals surface area contributed by atoms with Crippen LogP contribution in [0.1, 0.15) is 17.6 Å². The molecule has 0 amide bonds. The smallest absolute Gasteiger partial charge is 0.137 e. The van der Waals surface area contributed by atoms with E-state index in [4.69, 9.17) is 4.74 Å². The molecule has 3 heterocycles. The number of nitrogens with zero attached hydrogens (tertiary/aromatic N) is 2. The average molecular weight is 244 g/mol. The van der Waals surface area contributed by atoms with Gasteiger partial charge in [-0.05, 0) is 19.1 Å². The van der Waals surface area contributed by atoms with E-state index in [9.17, 15) is 0 Å². The zero-order valence-corrected chi connectivity index (χ0v) is 10.3.